The zero-order chi connectivity index (χ0) is 19.9. The van der Waals surface area contributed by atoms with Crippen LogP contribution in [-0.2, 0) is 6.42 Å². The van der Waals surface area contributed by atoms with Crippen LogP contribution in [0, 0.1) is 5.41 Å². The van der Waals surface area contributed by atoms with Crippen molar-refractivity contribution in [3.63, 3.8) is 0 Å². The van der Waals surface area contributed by atoms with Gasteiger partial charge in [-0.05, 0) is 67.2 Å². The summed E-state index contributed by atoms with van der Waals surface area (Å²) < 4.78 is 0. The standard InChI is InChI=1S/C23H28ClN3O/c1-23(2)13-15-12-16(24)8-9-20(15)26-21(23)18-6-4-5-7-19(18)22(28)25-17-10-11-27(3)14-17/h4-9,12,17,21,26H,10-11,13-14H2,1-3H3,(H,25,28). The van der Waals surface area contributed by atoms with Gasteiger partial charge < -0.3 is 15.5 Å². The highest BCUT2D eigenvalue weighted by Gasteiger charge is 2.38. The van der Waals surface area contributed by atoms with E-state index in [0.717, 1.165) is 47.8 Å². The van der Waals surface area contributed by atoms with E-state index < -0.39 is 0 Å². The van der Waals surface area contributed by atoms with Gasteiger partial charge in [0.2, 0.25) is 0 Å². The molecule has 4 nitrogen and oxygen atoms in total. The summed E-state index contributed by atoms with van der Waals surface area (Å²) in [5, 5.41) is 7.67. The molecule has 0 aromatic heterocycles. The summed E-state index contributed by atoms with van der Waals surface area (Å²) in [6.45, 7) is 6.43. The van der Waals surface area contributed by atoms with Crippen LogP contribution in [0.4, 0.5) is 5.69 Å². The van der Waals surface area contributed by atoms with E-state index in [4.69, 9.17) is 11.6 Å². The minimum atomic E-state index is -0.0539. The van der Waals surface area contributed by atoms with Crippen LogP contribution in [0.2, 0.25) is 5.02 Å². The summed E-state index contributed by atoms with van der Waals surface area (Å²) in [7, 11) is 2.10. The molecule has 2 aromatic carbocycles. The molecule has 2 aliphatic heterocycles. The highest BCUT2D eigenvalue weighted by atomic mass is 35.5. The maximum Gasteiger partial charge on any atom is 0.251 e. The van der Waals surface area contributed by atoms with E-state index in [1.165, 1.54) is 5.56 Å². The molecule has 4 rings (SSSR count). The average Bonchev–Trinajstić information content (AvgIpc) is 3.05. The second kappa shape index (κ2) is 7.41. The van der Waals surface area contributed by atoms with Crippen molar-refractivity contribution in [2.45, 2.75) is 38.8 Å². The molecule has 0 spiro atoms. The van der Waals surface area contributed by atoms with E-state index in [1.807, 2.05) is 36.4 Å². The van der Waals surface area contributed by atoms with Crippen molar-refractivity contribution in [3.8, 4) is 0 Å². The van der Waals surface area contributed by atoms with Gasteiger partial charge in [-0.1, -0.05) is 43.6 Å². The van der Waals surface area contributed by atoms with Crippen molar-refractivity contribution in [1.82, 2.24) is 10.2 Å². The molecule has 1 saturated heterocycles. The number of amides is 1. The molecule has 2 atom stereocenters. The number of hydrogen-bond acceptors (Lipinski definition) is 3. The Kier molecular flexibility index (Phi) is 5.11. The minimum Gasteiger partial charge on any atom is -0.377 e. The van der Waals surface area contributed by atoms with Crippen LogP contribution in [0.5, 0.6) is 0 Å². The van der Waals surface area contributed by atoms with Crippen LogP contribution in [0.25, 0.3) is 0 Å². The summed E-state index contributed by atoms with van der Waals surface area (Å²) in [6, 6.07) is 14.3. The fourth-order valence-electron chi connectivity index (χ4n) is 4.56. The number of rotatable bonds is 3. The summed E-state index contributed by atoms with van der Waals surface area (Å²) in [5.41, 5.74) is 4.09. The van der Waals surface area contributed by atoms with Crippen LogP contribution in [0.1, 0.15) is 47.8 Å². The maximum absolute atomic E-state index is 13.1. The Hall–Kier alpha value is -2.04. The van der Waals surface area contributed by atoms with Crippen molar-refractivity contribution in [2.24, 2.45) is 5.41 Å². The van der Waals surface area contributed by atoms with E-state index >= 15 is 0 Å². The normalized spacial score (nSPS) is 23.7. The molecule has 1 amide bonds. The molecule has 5 heteroatoms. The van der Waals surface area contributed by atoms with Crippen molar-refractivity contribution in [3.05, 3.63) is 64.2 Å². The third-order valence-electron chi connectivity index (χ3n) is 6.04. The van der Waals surface area contributed by atoms with Crippen molar-refractivity contribution in [2.75, 3.05) is 25.5 Å². The van der Waals surface area contributed by atoms with E-state index in [1.54, 1.807) is 0 Å². The van der Waals surface area contributed by atoms with Gasteiger partial charge in [0.05, 0.1) is 6.04 Å². The molecular weight excluding hydrogens is 370 g/mol. The molecule has 0 aliphatic carbocycles. The van der Waals surface area contributed by atoms with Crippen LogP contribution < -0.4 is 10.6 Å². The number of carbonyl (C=O) groups is 1. The van der Waals surface area contributed by atoms with Gasteiger partial charge >= 0.3 is 0 Å². The third-order valence-corrected chi connectivity index (χ3v) is 6.27. The van der Waals surface area contributed by atoms with Gasteiger partial charge in [-0.3, -0.25) is 4.79 Å². The zero-order valence-corrected chi connectivity index (χ0v) is 17.5. The smallest absolute Gasteiger partial charge is 0.251 e. The molecule has 0 radical (unpaired) electrons. The Morgan fingerprint density at radius 2 is 2.04 bits per heavy atom. The van der Waals surface area contributed by atoms with Gasteiger partial charge in [0, 0.05) is 28.9 Å². The number of nitrogens with one attached hydrogen (secondary N) is 2. The average molecular weight is 398 g/mol. The lowest BCUT2D eigenvalue weighted by atomic mass is 9.72. The number of anilines is 1. The Balaban J connectivity index is 1.64. The van der Waals surface area contributed by atoms with Crippen molar-refractivity contribution >= 4 is 23.2 Å². The van der Waals surface area contributed by atoms with Gasteiger partial charge in [-0.2, -0.15) is 0 Å². The molecule has 2 N–H and O–H groups in total. The molecule has 0 bridgehead atoms. The molecule has 2 unspecified atom stereocenters. The number of carbonyl (C=O) groups excluding carboxylic acids is 1. The van der Waals surface area contributed by atoms with Gasteiger partial charge in [0.25, 0.3) is 5.91 Å². The van der Waals surface area contributed by atoms with Gasteiger partial charge in [-0.15, -0.1) is 0 Å². The number of nitrogens with zero attached hydrogens (tertiary/aromatic N) is 1. The quantitative estimate of drug-likeness (QED) is 0.800. The van der Waals surface area contributed by atoms with Crippen LogP contribution in [-0.4, -0.2) is 37.0 Å². The Morgan fingerprint density at radius 3 is 2.79 bits per heavy atom. The summed E-state index contributed by atoms with van der Waals surface area (Å²) in [6.07, 6.45) is 1.91. The summed E-state index contributed by atoms with van der Waals surface area (Å²) in [4.78, 5) is 15.4. The lowest BCUT2D eigenvalue weighted by Gasteiger charge is -2.42. The summed E-state index contributed by atoms with van der Waals surface area (Å²) >= 11 is 6.20. The first-order valence-corrected chi connectivity index (χ1v) is 10.3. The van der Waals surface area contributed by atoms with Gasteiger partial charge in [0.1, 0.15) is 0 Å². The van der Waals surface area contributed by atoms with Crippen LogP contribution >= 0.6 is 11.6 Å². The van der Waals surface area contributed by atoms with Crippen LogP contribution in [0.3, 0.4) is 0 Å². The maximum atomic E-state index is 13.1. The van der Waals surface area contributed by atoms with E-state index in [0.29, 0.717) is 0 Å². The lowest BCUT2D eigenvalue weighted by Crippen LogP contribution is -2.39. The van der Waals surface area contributed by atoms with Gasteiger partial charge in [-0.25, -0.2) is 0 Å². The second-order valence-electron chi connectivity index (χ2n) is 8.85. The fourth-order valence-corrected chi connectivity index (χ4v) is 4.76. The fraction of sp³-hybridized carbons (Fsp3) is 0.435. The Bertz CT molecular complexity index is 895. The summed E-state index contributed by atoms with van der Waals surface area (Å²) in [5.74, 6) is 0.0235. The van der Waals surface area contributed by atoms with Crippen molar-refractivity contribution in [1.29, 1.82) is 0 Å². The highest BCUT2D eigenvalue weighted by molar-refractivity contribution is 6.30. The first-order chi connectivity index (χ1) is 13.3. The Morgan fingerprint density at radius 1 is 1.25 bits per heavy atom. The third kappa shape index (κ3) is 3.76. The second-order valence-corrected chi connectivity index (χ2v) is 9.29. The molecule has 2 heterocycles. The van der Waals surface area contributed by atoms with Crippen LogP contribution in [0.15, 0.2) is 42.5 Å². The Labute approximate surface area is 172 Å². The van der Waals surface area contributed by atoms with E-state index in [2.05, 4.69) is 42.5 Å². The molecule has 1 fully saturated rings. The molecule has 2 aliphatic rings. The molecule has 2 aromatic rings. The number of fused-ring (bicyclic) bond motifs is 1. The largest absolute Gasteiger partial charge is 0.377 e. The number of benzene rings is 2. The van der Waals surface area contributed by atoms with E-state index in [9.17, 15) is 4.79 Å². The number of halogens is 1. The van der Waals surface area contributed by atoms with E-state index in [-0.39, 0.29) is 23.4 Å². The number of likely N-dealkylation sites (tertiary alicyclic amines) is 1. The lowest BCUT2D eigenvalue weighted by molar-refractivity contribution is 0.0936. The molecular formula is C23H28ClN3O. The zero-order valence-electron chi connectivity index (χ0n) is 16.8. The highest BCUT2D eigenvalue weighted by Crippen LogP contribution is 2.46. The number of likely N-dealkylation sites (N-methyl/N-ethyl adjacent to an activating group) is 1. The predicted octanol–water partition coefficient (Wildman–Crippen LogP) is 4.51. The predicted molar refractivity (Wildman–Crippen MR) is 115 cm³/mol. The first kappa shape index (κ1) is 19.3. The van der Waals surface area contributed by atoms with Gasteiger partial charge in [0.15, 0.2) is 0 Å². The molecule has 0 saturated carbocycles. The topological polar surface area (TPSA) is 44.4 Å². The SMILES string of the molecule is CN1CCC(NC(=O)c2ccccc2C2Nc3ccc(Cl)cc3CC2(C)C)C1. The monoisotopic (exact) mass is 397 g/mol. The van der Waals surface area contributed by atoms with Crippen molar-refractivity contribution < 1.29 is 4.79 Å². The number of hydrogen-bond donors (Lipinski definition) is 2. The molecule has 28 heavy (non-hydrogen) atoms. The first-order valence-electron chi connectivity index (χ1n) is 9.97. The minimum absolute atomic E-state index is 0.0235. The molecule has 148 valence electrons.